The molecule has 1 amide bonds. The summed E-state index contributed by atoms with van der Waals surface area (Å²) in [5.74, 6) is 0.916. The SMILES string of the molecule is CC[C@H](C)c1ccc2oc(-c3ccc(NC(=O)c4ccc(-c5ccccc5)cc4)cc3)nc2c1. The van der Waals surface area contributed by atoms with Crippen molar-refractivity contribution in [2.24, 2.45) is 0 Å². The number of nitrogens with one attached hydrogen (secondary N) is 1. The van der Waals surface area contributed by atoms with Gasteiger partial charge in [0, 0.05) is 16.8 Å². The Morgan fingerprint density at radius 1 is 0.853 bits per heavy atom. The third-order valence-corrected chi connectivity index (χ3v) is 6.24. The smallest absolute Gasteiger partial charge is 0.255 e. The van der Waals surface area contributed by atoms with Gasteiger partial charge >= 0.3 is 0 Å². The maximum Gasteiger partial charge on any atom is 0.255 e. The molecule has 4 nitrogen and oxygen atoms in total. The van der Waals surface area contributed by atoms with Crippen molar-refractivity contribution in [3.63, 3.8) is 0 Å². The number of hydrogen-bond acceptors (Lipinski definition) is 3. The van der Waals surface area contributed by atoms with Crippen LogP contribution in [0.3, 0.4) is 0 Å². The number of carbonyl (C=O) groups excluding carboxylic acids is 1. The highest BCUT2D eigenvalue weighted by Crippen LogP contribution is 2.28. The maximum atomic E-state index is 12.7. The van der Waals surface area contributed by atoms with Crippen LogP contribution in [0.1, 0.15) is 42.1 Å². The second kappa shape index (κ2) is 9.36. The van der Waals surface area contributed by atoms with Crippen LogP contribution in [0.15, 0.2) is 101 Å². The average molecular weight is 447 g/mol. The highest BCUT2D eigenvalue weighted by atomic mass is 16.3. The molecule has 1 heterocycles. The van der Waals surface area contributed by atoms with E-state index in [1.807, 2.05) is 72.8 Å². The standard InChI is InChI=1S/C30H26N2O2/c1-3-20(2)25-15-18-28-27(19-25)32-30(34-28)24-13-16-26(17-14-24)31-29(33)23-11-9-22(10-12-23)21-7-5-4-6-8-21/h4-20H,3H2,1-2H3,(H,31,33)/t20-/m0/s1. The summed E-state index contributed by atoms with van der Waals surface area (Å²) >= 11 is 0. The van der Waals surface area contributed by atoms with Gasteiger partial charge in [-0.2, -0.15) is 0 Å². The number of amides is 1. The largest absolute Gasteiger partial charge is 0.436 e. The van der Waals surface area contributed by atoms with Gasteiger partial charge in [0.05, 0.1) is 0 Å². The van der Waals surface area contributed by atoms with Crippen LogP contribution in [-0.2, 0) is 0 Å². The van der Waals surface area contributed by atoms with Crippen molar-refractivity contribution in [1.82, 2.24) is 4.98 Å². The molecule has 1 atom stereocenters. The number of fused-ring (bicyclic) bond motifs is 1. The summed E-state index contributed by atoms with van der Waals surface area (Å²) in [6.07, 6.45) is 1.08. The van der Waals surface area contributed by atoms with Gasteiger partial charge in [-0.05, 0) is 77.6 Å². The molecule has 0 saturated carbocycles. The van der Waals surface area contributed by atoms with Crippen LogP contribution >= 0.6 is 0 Å². The third-order valence-electron chi connectivity index (χ3n) is 6.24. The molecule has 0 radical (unpaired) electrons. The fourth-order valence-electron chi connectivity index (χ4n) is 3.95. The van der Waals surface area contributed by atoms with Gasteiger partial charge < -0.3 is 9.73 Å². The number of anilines is 1. The second-order valence-corrected chi connectivity index (χ2v) is 8.53. The van der Waals surface area contributed by atoms with Crippen molar-refractivity contribution in [2.75, 3.05) is 5.32 Å². The molecular weight excluding hydrogens is 420 g/mol. The van der Waals surface area contributed by atoms with Crippen LogP contribution in [0.2, 0.25) is 0 Å². The van der Waals surface area contributed by atoms with Crippen LogP contribution in [0, 0.1) is 0 Å². The minimum absolute atomic E-state index is 0.146. The minimum atomic E-state index is -0.146. The molecule has 0 unspecified atom stereocenters. The van der Waals surface area contributed by atoms with Crippen molar-refractivity contribution in [3.05, 3.63) is 108 Å². The van der Waals surface area contributed by atoms with E-state index in [-0.39, 0.29) is 5.91 Å². The molecule has 0 aliphatic carbocycles. The Balaban J connectivity index is 1.29. The van der Waals surface area contributed by atoms with Gasteiger partial charge in [0.2, 0.25) is 5.89 Å². The molecule has 4 aromatic carbocycles. The first-order chi connectivity index (χ1) is 16.6. The highest BCUT2D eigenvalue weighted by molar-refractivity contribution is 6.04. The predicted octanol–water partition coefficient (Wildman–Crippen LogP) is 7.93. The molecule has 168 valence electrons. The second-order valence-electron chi connectivity index (χ2n) is 8.53. The van der Waals surface area contributed by atoms with Crippen molar-refractivity contribution in [1.29, 1.82) is 0 Å². The molecule has 0 spiro atoms. The molecule has 4 heteroatoms. The monoisotopic (exact) mass is 446 g/mol. The Kier molecular flexibility index (Phi) is 5.96. The number of carbonyl (C=O) groups is 1. The molecule has 34 heavy (non-hydrogen) atoms. The zero-order valence-corrected chi connectivity index (χ0v) is 19.3. The molecule has 1 aromatic heterocycles. The molecule has 5 aromatic rings. The quantitative estimate of drug-likeness (QED) is 0.288. The molecule has 0 aliphatic heterocycles. The zero-order valence-electron chi connectivity index (χ0n) is 19.3. The van der Waals surface area contributed by atoms with E-state index in [0.717, 1.165) is 39.9 Å². The third kappa shape index (κ3) is 4.48. The molecule has 0 fully saturated rings. The lowest BCUT2D eigenvalue weighted by Gasteiger charge is -2.07. The number of hydrogen-bond donors (Lipinski definition) is 1. The van der Waals surface area contributed by atoms with Gasteiger partial charge in [-0.3, -0.25) is 4.79 Å². The van der Waals surface area contributed by atoms with E-state index in [1.165, 1.54) is 5.56 Å². The Morgan fingerprint density at radius 2 is 1.53 bits per heavy atom. The van der Waals surface area contributed by atoms with Crippen LogP contribution in [0.5, 0.6) is 0 Å². The van der Waals surface area contributed by atoms with Crippen molar-refractivity contribution < 1.29 is 9.21 Å². The lowest BCUT2D eigenvalue weighted by molar-refractivity contribution is 0.102. The van der Waals surface area contributed by atoms with Crippen LogP contribution < -0.4 is 5.32 Å². The number of oxazole rings is 1. The lowest BCUT2D eigenvalue weighted by atomic mass is 9.98. The van der Waals surface area contributed by atoms with Crippen molar-refractivity contribution >= 4 is 22.7 Å². The topological polar surface area (TPSA) is 55.1 Å². The van der Waals surface area contributed by atoms with E-state index in [4.69, 9.17) is 4.42 Å². The first-order valence-electron chi connectivity index (χ1n) is 11.6. The molecule has 0 saturated heterocycles. The number of nitrogens with zero attached hydrogens (tertiary/aromatic N) is 1. The lowest BCUT2D eigenvalue weighted by Crippen LogP contribution is -2.11. The van der Waals surface area contributed by atoms with Crippen LogP contribution in [0.25, 0.3) is 33.7 Å². The van der Waals surface area contributed by atoms with E-state index in [1.54, 1.807) is 0 Å². The summed E-state index contributed by atoms with van der Waals surface area (Å²) in [5, 5.41) is 2.96. The van der Waals surface area contributed by atoms with E-state index in [9.17, 15) is 4.79 Å². The summed E-state index contributed by atoms with van der Waals surface area (Å²) < 4.78 is 5.96. The van der Waals surface area contributed by atoms with Gasteiger partial charge in [-0.1, -0.05) is 62.4 Å². The fraction of sp³-hybridized carbons (Fsp3) is 0.133. The summed E-state index contributed by atoms with van der Waals surface area (Å²) in [4.78, 5) is 17.4. The van der Waals surface area contributed by atoms with E-state index >= 15 is 0 Å². The van der Waals surface area contributed by atoms with Gasteiger partial charge in [0.25, 0.3) is 5.91 Å². The van der Waals surface area contributed by atoms with E-state index in [0.29, 0.717) is 17.4 Å². The predicted molar refractivity (Wildman–Crippen MR) is 138 cm³/mol. The van der Waals surface area contributed by atoms with Crippen LogP contribution in [0.4, 0.5) is 5.69 Å². The van der Waals surface area contributed by atoms with Crippen molar-refractivity contribution in [3.8, 4) is 22.6 Å². The average Bonchev–Trinajstić information content (AvgIpc) is 3.33. The zero-order chi connectivity index (χ0) is 23.5. The van der Waals surface area contributed by atoms with Gasteiger partial charge in [-0.25, -0.2) is 4.98 Å². The molecule has 0 aliphatic rings. The van der Waals surface area contributed by atoms with Gasteiger partial charge in [-0.15, -0.1) is 0 Å². The number of aromatic nitrogens is 1. The van der Waals surface area contributed by atoms with Crippen molar-refractivity contribution in [2.45, 2.75) is 26.2 Å². The Labute approximate surface area is 199 Å². The number of rotatable bonds is 6. The van der Waals surface area contributed by atoms with Gasteiger partial charge in [0.1, 0.15) is 5.52 Å². The summed E-state index contributed by atoms with van der Waals surface area (Å²) in [5.41, 5.74) is 7.31. The Bertz CT molecular complexity index is 1420. The molecular formula is C30H26N2O2. The molecule has 0 bridgehead atoms. The fourth-order valence-corrected chi connectivity index (χ4v) is 3.95. The Morgan fingerprint density at radius 3 is 2.24 bits per heavy atom. The van der Waals surface area contributed by atoms with Crippen LogP contribution in [-0.4, -0.2) is 10.9 Å². The first kappa shape index (κ1) is 21.7. The maximum absolute atomic E-state index is 12.7. The normalized spacial score (nSPS) is 11.9. The highest BCUT2D eigenvalue weighted by Gasteiger charge is 2.12. The van der Waals surface area contributed by atoms with E-state index < -0.39 is 0 Å². The van der Waals surface area contributed by atoms with Gasteiger partial charge in [0.15, 0.2) is 5.58 Å². The Hall–Kier alpha value is -4.18. The summed E-state index contributed by atoms with van der Waals surface area (Å²) in [6, 6.07) is 31.5. The molecule has 1 N–H and O–H groups in total. The minimum Gasteiger partial charge on any atom is -0.436 e. The summed E-state index contributed by atoms with van der Waals surface area (Å²) in [6.45, 7) is 4.40. The number of benzene rings is 4. The summed E-state index contributed by atoms with van der Waals surface area (Å²) in [7, 11) is 0. The molecule has 5 rings (SSSR count). The first-order valence-corrected chi connectivity index (χ1v) is 11.6. The van der Waals surface area contributed by atoms with E-state index in [2.05, 4.69) is 48.4 Å².